The van der Waals surface area contributed by atoms with Crippen molar-refractivity contribution >= 4 is 34.4 Å². The van der Waals surface area contributed by atoms with Crippen LogP contribution in [0.2, 0.25) is 0 Å². The minimum Gasteiger partial charge on any atom is -0.497 e. The van der Waals surface area contributed by atoms with E-state index < -0.39 is 36.2 Å². The first-order valence-corrected chi connectivity index (χ1v) is 25.3. The monoisotopic (exact) mass is 987 g/mol. The van der Waals surface area contributed by atoms with Gasteiger partial charge in [-0.15, -0.1) is 13.2 Å². The lowest BCUT2D eigenvalue weighted by Gasteiger charge is -2.60. The zero-order valence-electron chi connectivity index (χ0n) is 41.5. The van der Waals surface area contributed by atoms with Crippen LogP contribution in [0.15, 0.2) is 121 Å². The third-order valence-corrected chi connectivity index (χ3v) is 14.3. The van der Waals surface area contributed by atoms with Gasteiger partial charge in [-0.3, -0.25) is 10.2 Å². The van der Waals surface area contributed by atoms with Crippen molar-refractivity contribution < 1.29 is 57.8 Å². The summed E-state index contributed by atoms with van der Waals surface area (Å²) in [6, 6.07) is 23.7. The predicted octanol–water partition coefficient (Wildman–Crippen LogP) is 10.8. The van der Waals surface area contributed by atoms with Crippen LogP contribution in [0.25, 0.3) is 10.8 Å². The predicted molar refractivity (Wildman–Crippen MR) is 274 cm³/mol. The van der Waals surface area contributed by atoms with Gasteiger partial charge in [0, 0.05) is 43.6 Å². The summed E-state index contributed by atoms with van der Waals surface area (Å²) in [6.07, 6.45) is 11.1. The summed E-state index contributed by atoms with van der Waals surface area (Å²) in [7, 11) is 3.06. The molecule has 2 aliphatic carbocycles. The van der Waals surface area contributed by atoms with Crippen molar-refractivity contribution in [2.75, 3.05) is 52.6 Å². The van der Waals surface area contributed by atoms with Crippen LogP contribution in [-0.2, 0) is 25.6 Å². The topological polar surface area (TPSA) is 176 Å². The van der Waals surface area contributed by atoms with E-state index in [4.69, 9.17) is 43.2 Å². The molecule has 2 aliphatic heterocycles. The molecule has 2 heterocycles. The number of aliphatic hydroxyl groups is 2. The molecule has 2 amide bonds. The zero-order valence-corrected chi connectivity index (χ0v) is 41.5. The number of rotatable bonds is 23. The number of aliphatic hydroxyl groups excluding tert-OH is 2. The SMILES string of the molecule is C=CCCOC(=O)N(Cc1cccc2ccccc12)[C@H]1CC(=NOC2CCCCO2)C2=C[C@H](CCCCO)[C@@H](CCCCO)[C@@H]3c4cc(OC(=O)Nc5ccc(OC)cc5OC)ccc4O[C@@]1(OCC=C)[C@H]23. The van der Waals surface area contributed by atoms with Gasteiger partial charge < -0.3 is 48.2 Å². The summed E-state index contributed by atoms with van der Waals surface area (Å²) in [5.74, 6) is -0.992. The van der Waals surface area contributed by atoms with Crippen LogP contribution in [-0.4, -0.2) is 98.4 Å². The molecule has 4 aliphatic rings. The zero-order chi connectivity index (χ0) is 50.5. The quantitative estimate of drug-likeness (QED) is 0.0365. The number of carbonyl (C=O) groups is 2. The lowest BCUT2D eigenvalue weighted by atomic mass is 9.55. The summed E-state index contributed by atoms with van der Waals surface area (Å²) in [4.78, 5) is 36.9. The molecule has 384 valence electrons. The van der Waals surface area contributed by atoms with Gasteiger partial charge in [-0.2, -0.15) is 0 Å². The Labute approximate surface area is 422 Å². The molecule has 4 aromatic carbocycles. The molecule has 7 atom stereocenters. The number of methoxy groups -OCH3 is 2. The Morgan fingerprint density at radius 3 is 2.49 bits per heavy atom. The number of benzene rings is 4. The smallest absolute Gasteiger partial charge is 0.417 e. The molecule has 1 saturated carbocycles. The number of nitrogens with one attached hydrogen (secondary N) is 1. The highest BCUT2D eigenvalue weighted by Crippen LogP contribution is 2.62. The first-order chi connectivity index (χ1) is 35.2. The van der Waals surface area contributed by atoms with E-state index in [1.165, 1.54) is 7.11 Å². The number of fused-ring (bicyclic) bond motifs is 3. The molecule has 2 fully saturated rings. The van der Waals surface area contributed by atoms with E-state index in [0.29, 0.717) is 67.4 Å². The summed E-state index contributed by atoms with van der Waals surface area (Å²) >= 11 is 0. The van der Waals surface area contributed by atoms with Crippen molar-refractivity contribution in [2.45, 2.75) is 101 Å². The van der Waals surface area contributed by atoms with E-state index in [9.17, 15) is 15.0 Å². The second-order valence-electron chi connectivity index (χ2n) is 18.7. The minimum atomic E-state index is -1.57. The molecule has 15 heteroatoms. The molecule has 0 bridgehead atoms. The maximum absolute atomic E-state index is 15.1. The Hall–Kier alpha value is -6.39. The molecule has 0 spiro atoms. The Bertz CT molecular complexity index is 2570. The van der Waals surface area contributed by atoms with Gasteiger partial charge in [0.25, 0.3) is 0 Å². The van der Waals surface area contributed by atoms with Crippen LogP contribution in [0, 0.1) is 17.8 Å². The average Bonchev–Trinajstić information content (AvgIpc) is 3.40. The van der Waals surface area contributed by atoms with Gasteiger partial charge in [-0.25, -0.2) is 9.59 Å². The van der Waals surface area contributed by atoms with Crippen molar-refractivity contribution in [1.29, 1.82) is 0 Å². The molecule has 3 N–H and O–H groups in total. The van der Waals surface area contributed by atoms with Gasteiger partial charge in [0.15, 0.2) is 0 Å². The van der Waals surface area contributed by atoms with Gasteiger partial charge in [0.2, 0.25) is 12.1 Å². The van der Waals surface area contributed by atoms with E-state index in [-0.39, 0.29) is 62.9 Å². The average molecular weight is 988 g/mol. The number of oxime groups is 1. The van der Waals surface area contributed by atoms with E-state index in [0.717, 1.165) is 59.6 Å². The Morgan fingerprint density at radius 1 is 0.917 bits per heavy atom. The van der Waals surface area contributed by atoms with Crippen molar-refractivity contribution in [3.8, 4) is 23.0 Å². The molecule has 15 nitrogen and oxygen atoms in total. The fourth-order valence-electron chi connectivity index (χ4n) is 11.0. The van der Waals surface area contributed by atoms with E-state index in [1.54, 1.807) is 54.5 Å². The minimum absolute atomic E-state index is 0.0335. The lowest BCUT2D eigenvalue weighted by molar-refractivity contribution is -0.256. The summed E-state index contributed by atoms with van der Waals surface area (Å²) in [6.45, 7) is 8.90. The van der Waals surface area contributed by atoms with Crippen LogP contribution in [0.1, 0.15) is 87.7 Å². The second-order valence-corrected chi connectivity index (χ2v) is 18.7. The van der Waals surface area contributed by atoms with Crippen molar-refractivity contribution in [2.24, 2.45) is 22.9 Å². The molecular weight excluding hydrogens is 919 g/mol. The maximum Gasteiger partial charge on any atom is 0.417 e. The summed E-state index contributed by atoms with van der Waals surface area (Å²) < 4.78 is 43.8. The number of carbonyl (C=O) groups excluding carboxylic acids is 2. The first-order valence-electron chi connectivity index (χ1n) is 25.3. The Morgan fingerprint density at radius 2 is 1.72 bits per heavy atom. The molecule has 0 radical (unpaired) electrons. The first kappa shape index (κ1) is 51.9. The number of nitrogens with zero attached hydrogens (tertiary/aromatic N) is 2. The Kier molecular flexibility index (Phi) is 17.9. The lowest BCUT2D eigenvalue weighted by Crippen LogP contribution is -2.70. The normalized spacial score (nSPS) is 23.6. The molecule has 72 heavy (non-hydrogen) atoms. The van der Waals surface area contributed by atoms with Gasteiger partial charge >= 0.3 is 12.2 Å². The van der Waals surface area contributed by atoms with Crippen LogP contribution < -0.4 is 24.3 Å². The number of amides is 2. The summed E-state index contributed by atoms with van der Waals surface area (Å²) in [5, 5.41) is 30.0. The number of unbranched alkanes of at least 4 members (excludes halogenated alkanes) is 2. The largest absolute Gasteiger partial charge is 0.497 e. The fraction of sp³-hybridized carbons (Fsp3) is 0.456. The third-order valence-electron chi connectivity index (χ3n) is 14.3. The van der Waals surface area contributed by atoms with Gasteiger partial charge in [0.1, 0.15) is 29.0 Å². The van der Waals surface area contributed by atoms with Crippen molar-refractivity contribution in [1.82, 2.24) is 4.90 Å². The number of ether oxygens (including phenoxy) is 7. The Balaban J connectivity index is 1.31. The van der Waals surface area contributed by atoms with Crippen LogP contribution >= 0.6 is 0 Å². The third kappa shape index (κ3) is 11.6. The van der Waals surface area contributed by atoms with Gasteiger partial charge in [-0.1, -0.05) is 78.7 Å². The highest BCUT2D eigenvalue weighted by molar-refractivity contribution is 6.03. The maximum atomic E-state index is 15.1. The molecular formula is C57H69N3O12. The van der Waals surface area contributed by atoms with E-state index >= 15 is 4.79 Å². The van der Waals surface area contributed by atoms with Crippen molar-refractivity contribution in [3.05, 3.63) is 127 Å². The molecule has 1 saturated heterocycles. The van der Waals surface area contributed by atoms with Gasteiger partial charge in [-0.05, 0) is 109 Å². The van der Waals surface area contributed by atoms with Crippen LogP contribution in [0.3, 0.4) is 0 Å². The second kappa shape index (κ2) is 24.8. The fourth-order valence-corrected chi connectivity index (χ4v) is 11.0. The van der Waals surface area contributed by atoms with E-state index in [1.807, 2.05) is 48.5 Å². The highest BCUT2D eigenvalue weighted by atomic mass is 16.8. The molecule has 8 rings (SSSR count). The van der Waals surface area contributed by atoms with Crippen LogP contribution in [0.5, 0.6) is 23.0 Å². The highest BCUT2D eigenvalue weighted by Gasteiger charge is 2.66. The number of anilines is 1. The molecule has 0 aromatic heterocycles. The van der Waals surface area contributed by atoms with Gasteiger partial charge in [0.05, 0.1) is 57.9 Å². The van der Waals surface area contributed by atoms with Crippen LogP contribution in [0.4, 0.5) is 15.3 Å². The molecule has 4 aromatic rings. The number of hydrogen-bond acceptors (Lipinski definition) is 13. The van der Waals surface area contributed by atoms with E-state index in [2.05, 4.69) is 24.6 Å². The molecule has 1 unspecified atom stereocenters. The number of hydrogen-bond donors (Lipinski definition) is 3. The van der Waals surface area contributed by atoms with Crippen molar-refractivity contribution in [3.63, 3.8) is 0 Å². The summed E-state index contributed by atoms with van der Waals surface area (Å²) in [5.41, 5.74) is 3.55. The standard InChI is InChI=1S/C57H69N3O12/c1-5-7-31-68-56(64)60(37-40-20-16-19-38-17-8-9-21-43(38)40)51-36-48(59-72-52-23-12-15-32-67-52)45-33-39(18-10-13-28-61)44(22-11-14-29-62)53-46-34-42(25-27-49(46)71-57(51,54(45)53)69-30-6-2)70-55(63)58-47-26-24-41(65-3)35-50(47)66-4/h5-6,8-9,16-17,19-21,24-27,33-35,39,44,51-54,61-62H,1-2,7,10-15,18,22-23,28-32,36-37H2,3-4H3,(H,58,63)/t39-,44+,51-,52?,53+,54+,57+/m0/s1. The number of allylic oxidation sites excluding steroid dienone is 1.